The van der Waals surface area contributed by atoms with E-state index in [1.807, 2.05) is 13.8 Å². The maximum atomic E-state index is 14.0. The van der Waals surface area contributed by atoms with Gasteiger partial charge in [-0.2, -0.15) is 0 Å². The highest BCUT2D eigenvalue weighted by molar-refractivity contribution is 7.07. The largest absolute Gasteiger partial charge is 0.503 e. The molecule has 1 aliphatic rings. The fourth-order valence-corrected chi connectivity index (χ4v) is 5.87. The zero-order valence-electron chi connectivity index (χ0n) is 22.6. The molecule has 0 fully saturated rings. The zero-order valence-corrected chi connectivity index (χ0v) is 24.1. The Labute approximate surface area is 234 Å². The van der Waals surface area contributed by atoms with Crippen LogP contribution in [0.1, 0.15) is 37.9 Å². The van der Waals surface area contributed by atoms with E-state index in [0.717, 1.165) is 0 Å². The van der Waals surface area contributed by atoms with Crippen LogP contribution in [0, 0.1) is 0 Å². The van der Waals surface area contributed by atoms with Gasteiger partial charge in [0, 0.05) is 18.7 Å². The summed E-state index contributed by atoms with van der Waals surface area (Å²) in [5.41, 5.74) is 1.73. The number of benzene rings is 2. The average Bonchev–Trinajstić information content (AvgIpc) is 3.23. The second kappa shape index (κ2) is 11.5. The van der Waals surface area contributed by atoms with Crippen molar-refractivity contribution in [2.75, 3.05) is 34.4 Å². The Balaban J connectivity index is 2.03. The summed E-state index contributed by atoms with van der Waals surface area (Å²) in [6.45, 7) is 6.59. The number of allylic oxidation sites excluding steroid dienone is 1. The summed E-state index contributed by atoms with van der Waals surface area (Å²) in [5, 5.41) is 10.2. The molecule has 206 valence electrons. The zero-order chi connectivity index (χ0) is 28.4. The van der Waals surface area contributed by atoms with Crippen LogP contribution in [0.2, 0.25) is 5.02 Å². The number of likely N-dealkylation sites (N-methyl/N-ethyl adjacent to an activating group) is 1. The molecular weight excluding hydrogens is 542 g/mol. The standard InChI is InChI=1S/C28H30ClN3O6S/c1-7-31(8-2)27(35)23-15(3)30-28-32(24(23)18-14-17(36-4)9-10-20(18)37-5)26(34)22(39-28)13-16-11-19(29)25(33)21(12-16)38-6/h9-14,24,33H,7-8H2,1-6H3/b22-13+/t24-/m1/s1. The normalized spacial score (nSPS) is 15.1. The number of hydrogen-bond donors (Lipinski definition) is 1. The molecule has 3 aromatic rings. The van der Waals surface area contributed by atoms with Crippen LogP contribution in [-0.2, 0) is 4.79 Å². The summed E-state index contributed by atoms with van der Waals surface area (Å²) in [4.78, 5) is 34.7. The number of aromatic nitrogens is 1. The highest BCUT2D eigenvalue weighted by atomic mass is 35.5. The number of thiazole rings is 1. The van der Waals surface area contributed by atoms with Crippen molar-refractivity contribution in [3.05, 3.63) is 77.4 Å². The number of nitrogens with zero attached hydrogens (tertiary/aromatic N) is 3. The Bertz CT molecular complexity index is 1640. The van der Waals surface area contributed by atoms with Crippen LogP contribution in [0.4, 0.5) is 0 Å². The minimum Gasteiger partial charge on any atom is -0.503 e. The summed E-state index contributed by atoms with van der Waals surface area (Å²) in [5.74, 6) is 0.857. The van der Waals surface area contributed by atoms with E-state index in [9.17, 15) is 14.7 Å². The second-order valence-electron chi connectivity index (χ2n) is 8.72. The number of fused-ring (bicyclic) bond motifs is 1. The molecular formula is C28H30ClN3O6S. The first-order valence-electron chi connectivity index (χ1n) is 12.3. The van der Waals surface area contributed by atoms with E-state index >= 15 is 0 Å². The Morgan fingerprint density at radius 3 is 2.44 bits per heavy atom. The number of carbonyl (C=O) groups is 1. The molecule has 1 atom stereocenters. The Morgan fingerprint density at radius 1 is 1.13 bits per heavy atom. The summed E-state index contributed by atoms with van der Waals surface area (Å²) in [6, 6.07) is 7.61. The van der Waals surface area contributed by atoms with Crippen molar-refractivity contribution >= 4 is 34.9 Å². The van der Waals surface area contributed by atoms with Crippen LogP contribution in [0.3, 0.4) is 0 Å². The van der Waals surface area contributed by atoms with E-state index in [1.54, 1.807) is 62.5 Å². The molecule has 39 heavy (non-hydrogen) atoms. The number of phenolic OH excluding ortho intramolecular Hbond substituents is 1. The Hall–Kier alpha value is -3.76. The van der Waals surface area contributed by atoms with E-state index in [-0.39, 0.29) is 28.0 Å². The molecule has 1 aliphatic heterocycles. The van der Waals surface area contributed by atoms with Gasteiger partial charge >= 0.3 is 0 Å². The summed E-state index contributed by atoms with van der Waals surface area (Å²) in [7, 11) is 4.51. The van der Waals surface area contributed by atoms with Gasteiger partial charge in [-0.3, -0.25) is 14.2 Å². The number of phenols is 1. The first-order chi connectivity index (χ1) is 18.7. The highest BCUT2D eigenvalue weighted by Gasteiger charge is 2.36. The van der Waals surface area contributed by atoms with Crippen molar-refractivity contribution in [3.8, 4) is 23.0 Å². The lowest BCUT2D eigenvalue weighted by atomic mass is 9.93. The van der Waals surface area contributed by atoms with Gasteiger partial charge in [-0.1, -0.05) is 22.9 Å². The van der Waals surface area contributed by atoms with Gasteiger partial charge in [0.1, 0.15) is 17.5 Å². The number of carbonyl (C=O) groups excluding carboxylic acids is 1. The third-order valence-corrected chi connectivity index (χ3v) is 7.87. The van der Waals surface area contributed by atoms with Crippen molar-refractivity contribution in [2.24, 2.45) is 4.99 Å². The first-order valence-corrected chi connectivity index (χ1v) is 13.5. The van der Waals surface area contributed by atoms with E-state index in [2.05, 4.69) is 0 Å². The lowest BCUT2D eigenvalue weighted by Gasteiger charge is -2.30. The Morgan fingerprint density at radius 2 is 1.82 bits per heavy atom. The summed E-state index contributed by atoms with van der Waals surface area (Å²) in [6.07, 6.45) is 1.66. The molecule has 0 bridgehead atoms. The van der Waals surface area contributed by atoms with Crippen LogP contribution in [0.5, 0.6) is 23.0 Å². The third kappa shape index (κ3) is 5.14. The molecule has 0 saturated heterocycles. The third-order valence-electron chi connectivity index (χ3n) is 6.60. The van der Waals surface area contributed by atoms with Crippen LogP contribution >= 0.6 is 22.9 Å². The quantitative estimate of drug-likeness (QED) is 0.444. The molecule has 0 aliphatic carbocycles. The number of rotatable bonds is 8. The molecule has 0 spiro atoms. The molecule has 4 rings (SSSR count). The molecule has 0 saturated carbocycles. The smallest absolute Gasteiger partial charge is 0.271 e. The molecule has 1 amide bonds. The fraction of sp³-hybridized carbons (Fsp3) is 0.321. The van der Waals surface area contributed by atoms with Crippen LogP contribution in [0.15, 0.2) is 51.4 Å². The second-order valence-corrected chi connectivity index (χ2v) is 10.1. The van der Waals surface area contributed by atoms with Gasteiger partial charge in [-0.15, -0.1) is 0 Å². The molecule has 1 N–H and O–H groups in total. The first kappa shape index (κ1) is 28.3. The molecule has 2 heterocycles. The summed E-state index contributed by atoms with van der Waals surface area (Å²) >= 11 is 7.37. The van der Waals surface area contributed by atoms with Gasteiger partial charge in [-0.05, 0) is 62.7 Å². The summed E-state index contributed by atoms with van der Waals surface area (Å²) < 4.78 is 18.3. The van der Waals surface area contributed by atoms with Gasteiger partial charge in [0.2, 0.25) is 0 Å². The van der Waals surface area contributed by atoms with E-state index in [4.69, 9.17) is 30.8 Å². The number of aromatic hydroxyl groups is 1. The highest BCUT2D eigenvalue weighted by Crippen LogP contribution is 2.38. The van der Waals surface area contributed by atoms with Crippen molar-refractivity contribution in [1.29, 1.82) is 0 Å². The van der Waals surface area contributed by atoms with Crippen molar-refractivity contribution in [3.63, 3.8) is 0 Å². The van der Waals surface area contributed by atoms with Gasteiger partial charge in [-0.25, -0.2) is 4.99 Å². The lowest BCUT2D eigenvalue weighted by molar-refractivity contribution is -0.127. The predicted molar refractivity (Wildman–Crippen MR) is 151 cm³/mol. The van der Waals surface area contributed by atoms with Crippen LogP contribution < -0.4 is 29.1 Å². The lowest BCUT2D eigenvalue weighted by Crippen LogP contribution is -2.43. The SMILES string of the molecule is CCN(CC)C(=O)C1=C(C)N=c2s/c(=C/c3cc(Cl)c(O)c(OC)c3)c(=O)n2[C@@H]1c1cc(OC)ccc1OC. The van der Waals surface area contributed by atoms with E-state index in [1.165, 1.54) is 23.0 Å². The van der Waals surface area contributed by atoms with Crippen molar-refractivity contribution < 1.29 is 24.1 Å². The topological polar surface area (TPSA) is 103 Å². The minimum absolute atomic E-state index is 0.0929. The Kier molecular flexibility index (Phi) is 8.36. The van der Waals surface area contributed by atoms with Gasteiger partial charge < -0.3 is 24.2 Å². The number of halogens is 1. The number of hydrogen-bond acceptors (Lipinski definition) is 8. The maximum Gasteiger partial charge on any atom is 0.271 e. The molecule has 1 aromatic heterocycles. The molecule has 0 radical (unpaired) electrons. The van der Waals surface area contributed by atoms with E-state index in [0.29, 0.717) is 56.3 Å². The number of ether oxygens (including phenoxy) is 3. The molecule has 2 aromatic carbocycles. The molecule has 11 heteroatoms. The van der Waals surface area contributed by atoms with Crippen molar-refractivity contribution in [1.82, 2.24) is 9.47 Å². The average molecular weight is 572 g/mol. The number of methoxy groups -OCH3 is 3. The number of amides is 1. The van der Waals surface area contributed by atoms with Gasteiger partial charge in [0.15, 0.2) is 16.3 Å². The van der Waals surface area contributed by atoms with Gasteiger partial charge in [0.25, 0.3) is 11.5 Å². The monoisotopic (exact) mass is 571 g/mol. The molecule has 0 unspecified atom stereocenters. The van der Waals surface area contributed by atoms with Gasteiger partial charge in [0.05, 0.1) is 42.2 Å². The maximum absolute atomic E-state index is 14.0. The minimum atomic E-state index is -0.806. The fourth-order valence-electron chi connectivity index (χ4n) is 4.61. The van der Waals surface area contributed by atoms with Crippen LogP contribution in [0.25, 0.3) is 6.08 Å². The van der Waals surface area contributed by atoms with Crippen molar-refractivity contribution in [2.45, 2.75) is 26.8 Å². The van der Waals surface area contributed by atoms with E-state index < -0.39 is 6.04 Å². The predicted octanol–water partition coefficient (Wildman–Crippen LogP) is 3.49. The van der Waals surface area contributed by atoms with Crippen LogP contribution in [-0.4, -0.2) is 54.9 Å². The molecule has 9 nitrogen and oxygen atoms in total.